The van der Waals surface area contributed by atoms with Crippen LogP contribution in [0.25, 0.3) is 0 Å². The SMILES string of the molecule is O=S(=O)(O)CCN1CCN(CCSOOO)CC1. The van der Waals surface area contributed by atoms with Gasteiger partial charge in [-0.2, -0.15) is 8.42 Å². The van der Waals surface area contributed by atoms with Crippen LogP contribution in [-0.2, 0) is 19.5 Å². The molecule has 0 bridgehead atoms. The summed E-state index contributed by atoms with van der Waals surface area (Å²) in [6, 6.07) is 0. The van der Waals surface area contributed by atoms with Crippen LogP contribution in [0.15, 0.2) is 0 Å². The Bertz CT molecular complexity index is 318. The first-order valence-electron chi connectivity index (χ1n) is 5.51. The van der Waals surface area contributed by atoms with Crippen LogP contribution in [-0.4, -0.2) is 78.8 Å². The lowest BCUT2D eigenvalue weighted by Gasteiger charge is -2.34. The molecule has 8 nitrogen and oxygen atoms in total. The molecule has 0 aromatic carbocycles. The van der Waals surface area contributed by atoms with Crippen LogP contribution in [0, 0.1) is 0 Å². The minimum atomic E-state index is -3.87. The molecule has 0 spiro atoms. The van der Waals surface area contributed by atoms with E-state index in [-0.39, 0.29) is 5.75 Å². The molecule has 18 heavy (non-hydrogen) atoms. The first-order valence-corrected chi connectivity index (χ1v) is 8.03. The lowest BCUT2D eigenvalue weighted by Crippen LogP contribution is -2.48. The molecule has 108 valence electrons. The van der Waals surface area contributed by atoms with Gasteiger partial charge in [-0.05, 0) is 0 Å². The van der Waals surface area contributed by atoms with Crippen LogP contribution >= 0.6 is 12.0 Å². The van der Waals surface area contributed by atoms with Crippen LogP contribution < -0.4 is 0 Å². The van der Waals surface area contributed by atoms with Crippen LogP contribution in [0.3, 0.4) is 0 Å². The minimum absolute atomic E-state index is 0.218. The van der Waals surface area contributed by atoms with E-state index >= 15 is 0 Å². The highest BCUT2D eigenvalue weighted by atomic mass is 32.2. The van der Waals surface area contributed by atoms with E-state index in [4.69, 9.17) is 9.81 Å². The standard InChI is InChI=1S/C8H18N2O6S2/c11-15-16-17-7-5-9-1-3-10(4-2-9)6-8-18(12,13)14/h11H,1-8H2,(H,12,13,14). The lowest BCUT2D eigenvalue weighted by atomic mass is 10.3. The molecular weight excluding hydrogens is 284 g/mol. The molecule has 0 unspecified atom stereocenters. The van der Waals surface area contributed by atoms with Gasteiger partial charge in [0.15, 0.2) is 0 Å². The van der Waals surface area contributed by atoms with E-state index in [0.717, 1.165) is 44.8 Å². The summed E-state index contributed by atoms with van der Waals surface area (Å²) in [5, 5.41) is 11.4. The van der Waals surface area contributed by atoms with Crippen molar-refractivity contribution in [1.82, 2.24) is 9.80 Å². The summed E-state index contributed by atoms with van der Waals surface area (Å²) < 4.78 is 34.1. The summed E-state index contributed by atoms with van der Waals surface area (Å²) in [6.45, 7) is 4.40. The topological polar surface area (TPSA) is 99.5 Å². The number of piperazine rings is 1. The van der Waals surface area contributed by atoms with Gasteiger partial charge in [0, 0.05) is 57.1 Å². The molecular formula is C8H18N2O6S2. The third-order valence-electron chi connectivity index (χ3n) is 2.70. The molecule has 0 saturated carbocycles. The molecule has 1 rings (SSSR count). The fourth-order valence-corrected chi connectivity index (χ4v) is 2.64. The maximum atomic E-state index is 10.6. The van der Waals surface area contributed by atoms with Crippen molar-refractivity contribution in [2.24, 2.45) is 0 Å². The van der Waals surface area contributed by atoms with Gasteiger partial charge in [0.1, 0.15) is 0 Å². The fourth-order valence-electron chi connectivity index (χ4n) is 1.70. The Labute approximate surface area is 111 Å². The molecule has 0 radical (unpaired) electrons. The van der Waals surface area contributed by atoms with Crippen molar-refractivity contribution in [3.05, 3.63) is 0 Å². The number of rotatable bonds is 8. The van der Waals surface area contributed by atoms with Crippen molar-refractivity contribution in [2.45, 2.75) is 0 Å². The minimum Gasteiger partial charge on any atom is -0.300 e. The molecule has 1 saturated heterocycles. The Balaban J connectivity index is 2.09. The zero-order chi connectivity index (χ0) is 13.4. The van der Waals surface area contributed by atoms with E-state index in [1.54, 1.807) is 0 Å². The van der Waals surface area contributed by atoms with Crippen LogP contribution in [0.1, 0.15) is 0 Å². The van der Waals surface area contributed by atoms with Gasteiger partial charge in [-0.15, -0.1) is 4.33 Å². The van der Waals surface area contributed by atoms with E-state index in [9.17, 15) is 8.42 Å². The normalized spacial score (nSPS) is 19.2. The summed E-state index contributed by atoms with van der Waals surface area (Å²) in [7, 11) is -3.87. The maximum Gasteiger partial charge on any atom is 0.266 e. The first kappa shape index (κ1) is 16.1. The van der Waals surface area contributed by atoms with Crippen molar-refractivity contribution in [2.75, 3.05) is 50.8 Å². The first-order chi connectivity index (χ1) is 8.51. The van der Waals surface area contributed by atoms with Crippen molar-refractivity contribution >= 4 is 22.2 Å². The molecule has 10 heteroatoms. The zero-order valence-electron chi connectivity index (χ0n) is 9.90. The molecule has 1 heterocycles. The van der Waals surface area contributed by atoms with Crippen LogP contribution in [0.5, 0.6) is 0 Å². The summed E-state index contributed by atoms with van der Waals surface area (Å²) in [5.41, 5.74) is 0. The molecule has 0 aliphatic carbocycles. The highest BCUT2D eigenvalue weighted by Gasteiger charge is 2.18. The molecule has 2 N–H and O–H groups in total. The summed E-state index contributed by atoms with van der Waals surface area (Å²) in [5.74, 6) is 0.454. The van der Waals surface area contributed by atoms with E-state index in [1.165, 1.54) is 0 Å². The van der Waals surface area contributed by atoms with E-state index in [0.29, 0.717) is 12.3 Å². The molecule has 0 atom stereocenters. The van der Waals surface area contributed by atoms with Gasteiger partial charge in [-0.1, -0.05) is 5.04 Å². The third kappa shape index (κ3) is 7.48. The second-order valence-corrected chi connectivity index (χ2v) is 6.29. The summed E-state index contributed by atoms with van der Waals surface area (Å²) in [4.78, 5) is 4.21. The molecule has 1 aliphatic rings. The van der Waals surface area contributed by atoms with Gasteiger partial charge in [0.2, 0.25) is 0 Å². The van der Waals surface area contributed by atoms with Crippen molar-refractivity contribution in [3.63, 3.8) is 0 Å². The number of hydrogen-bond acceptors (Lipinski definition) is 8. The Morgan fingerprint density at radius 3 is 2.17 bits per heavy atom. The van der Waals surface area contributed by atoms with E-state index < -0.39 is 10.1 Å². The Kier molecular flexibility index (Phi) is 7.41. The zero-order valence-corrected chi connectivity index (χ0v) is 11.5. The smallest absolute Gasteiger partial charge is 0.266 e. The monoisotopic (exact) mass is 302 g/mol. The molecule has 0 amide bonds. The number of nitrogens with zero attached hydrogens (tertiary/aromatic N) is 2. The predicted octanol–water partition coefficient (Wildman–Crippen LogP) is -0.439. The van der Waals surface area contributed by atoms with Gasteiger partial charge >= 0.3 is 0 Å². The number of hydrogen-bond donors (Lipinski definition) is 2. The van der Waals surface area contributed by atoms with Crippen molar-refractivity contribution in [1.29, 1.82) is 0 Å². The Hall–Kier alpha value is 0.0600. The fraction of sp³-hybridized carbons (Fsp3) is 1.00. The van der Waals surface area contributed by atoms with E-state index in [1.807, 2.05) is 4.90 Å². The van der Waals surface area contributed by atoms with Gasteiger partial charge in [0.05, 0.1) is 5.75 Å². The van der Waals surface area contributed by atoms with Crippen molar-refractivity contribution in [3.8, 4) is 0 Å². The lowest BCUT2D eigenvalue weighted by molar-refractivity contribution is -0.432. The highest BCUT2D eigenvalue weighted by Crippen LogP contribution is 2.06. The predicted molar refractivity (Wildman–Crippen MR) is 66.6 cm³/mol. The van der Waals surface area contributed by atoms with Gasteiger partial charge in [0.25, 0.3) is 10.1 Å². The van der Waals surface area contributed by atoms with Crippen LogP contribution in [0.2, 0.25) is 0 Å². The average Bonchev–Trinajstić information content (AvgIpc) is 2.33. The van der Waals surface area contributed by atoms with Crippen molar-refractivity contribution < 1.29 is 27.6 Å². The summed E-state index contributed by atoms with van der Waals surface area (Å²) in [6.07, 6.45) is 0. The molecule has 0 aromatic heterocycles. The van der Waals surface area contributed by atoms with Gasteiger partial charge in [-0.3, -0.25) is 14.4 Å². The second-order valence-electron chi connectivity index (χ2n) is 3.93. The van der Waals surface area contributed by atoms with E-state index in [2.05, 4.69) is 14.3 Å². The Morgan fingerprint density at radius 2 is 1.67 bits per heavy atom. The maximum absolute atomic E-state index is 10.6. The molecule has 1 aliphatic heterocycles. The molecule has 0 aromatic rings. The van der Waals surface area contributed by atoms with Gasteiger partial charge < -0.3 is 0 Å². The third-order valence-corrected chi connectivity index (χ3v) is 3.90. The Morgan fingerprint density at radius 1 is 1.11 bits per heavy atom. The van der Waals surface area contributed by atoms with Gasteiger partial charge in [-0.25, -0.2) is 5.26 Å². The van der Waals surface area contributed by atoms with Crippen LogP contribution in [0.4, 0.5) is 0 Å². The largest absolute Gasteiger partial charge is 0.300 e. The average molecular weight is 302 g/mol. The highest BCUT2D eigenvalue weighted by molar-refractivity contribution is 7.94. The second kappa shape index (κ2) is 8.27. The quantitative estimate of drug-likeness (QED) is 0.203. The summed E-state index contributed by atoms with van der Waals surface area (Å²) >= 11 is 1.02. The molecule has 1 fully saturated rings.